The van der Waals surface area contributed by atoms with Crippen LogP contribution in [0.5, 0.6) is 0 Å². The van der Waals surface area contributed by atoms with E-state index in [1.165, 1.54) is 0 Å². The van der Waals surface area contributed by atoms with Crippen molar-refractivity contribution in [1.82, 2.24) is 4.90 Å². The Morgan fingerprint density at radius 1 is 1.42 bits per heavy atom. The molecule has 1 aromatic carbocycles. The van der Waals surface area contributed by atoms with Gasteiger partial charge in [0.2, 0.25) is 5.91 Å². The predicted molar refractivity (Wildman–Crippen MR) is 80.2 cm³/mol. The third kappa shape index (κ3) is 5.34. The van der Waals surface area contributed by atoms with Crippen LogP contribution < -0.4 is 11.1 Å². The number of rotatable bonds is 7. The van der Waals surface area contributed by atoms with Crippen LogP contribution >= 0.6 is 12.2 Å². The van der Waals surface area contributed by atoms with Gasteiger partial charge in [0.25, 0.3) is 0 Å². The molecule has 1 rings (SSSR count). The van der Waals surface area contributed by atoms with Crippen molar-refractivity contribution >= 4 is 28.8 Å². The standard InChI is InChI=1S/C13H19N3O2S/c1-2-16(7-8-17)9-12(18)15-11-5-3-10(4-6-11)13(14)19/h3-6,17H,2,7-9H2,1H3,(H2,14,19)(H,15,18). The van der Waals surface area contributed by atoms with Crippen LogP contribution in [0.1, 0.15) is 12.5 Å². The molecule has 0 unspecified atom stereocenters. The minimum absolute atomic E-state index is 0.0454. The number of thiocarbonyl (C=S) groups is 1. The molecule has 19 heavy (non-hydrogen) atoms. The molecule has 4 N–H and O–H groups in total. The molecule has 0 saturated heterocycles. The van der Waals surface area contributed by atoms with Gasteiger partial charge < -0.3 is 16.2 Å². The maximum Gasteiger partial charge on any atom is 0.238 e. The van der Waals surface area contributed by atoms with Crippen molar-refractivity contribution in [3.05, 3.63) is 29.8 Å². The summed E-state index contributed by atoms with van der Waals surface area (Å²) < 4.78 is 0. The SMILES string of the molecule is CCN(CCO)CC(=O)Nc1ccc(C(N)=S)cc1. The van der Waals surface area contributed by atoms with Crippen LogP contribution in [0.15, 0.2) is 24.3 Å². The van der Waals surface area contributed by atoms with Crippen LogP contribution in [0.25, 0.3) is 0 Å². The van der Waals surface area contributed by atoms with E-state index in [-0.39, 0.29) is 19.1 Å². The number of hydrogen-bond acceptors (Lipinski definition) is 4. The predicted octanol–water partition coefficient (Wildman–Crippen LogP) is 0.573. The van der Waals surface area contributed by atoms with E-state index in [2.05, 4.69) is 5.32 Å². The molecule has 0 aliphatic rings. The zero-order valence-electron chi connectivity index (χ0n) is 10.9. The minimum atomic E-state index is -0.113. The fourth-order valence-electron chi connectivity index (χ4n) is 1.61. The smallest absolute Gasteiger partial charge is 0.238 e. The van der Waals surface area contributed by atoms with E-state index in [9.17, 15) is 4.79 Å². The Balaban J connectivity index is 2.54. The average Bonchev–Trinajstić information content (AvgIpc) is 2.38. The molecule has 0 aliphatic carbocycles. The number of nitrogens with one attached hydrogen (secondary N) is 1. The van der Waals surface area contributed by atoms with Gasteiger partial charge in [-0.15, -0.1) is 0 Å². The molecule has 0 radical (unpaired) electrons. The molecule has 6 heteroatoms. The number of hydrogen-bond donors (Lipinski definition) is 3. The second-order valence-corrected chi connectivity index (χ2v) is 4.52. The van der Waals surface area contributed by atoms with Gasteiger partial charge in [0.1, 0.15) is 4.99 Å². The molecule has 104 valence electrons. The summed E-state index contributed by atoms with van der Waals surface area (Å²) in [5.41, 5.74) is 6.96. The third-order valence-corrected chi connectivity index (χ3v) is 2.92. The molecule has 0 fully saturated rings. The molecular formula is C13H19N3O2S. The van der Waals surface area contributed by atoms with Crippen molar-refractivity contribution in [1.29, 1.82) is 0 Å². The Labute approximate surface area is 118 Å². The minimum Gasteiger partial charge on any atom is -0.395 e. The second kappa shape index (κ2) is 7.83. The second-order valence-electron chi connectivity index (χ2n) is 4.08. The number of carbonyl (C=O) groups excluding carboxylic acids is 1. The highest BCUT2D eigenvalue weighted by Gasteiger charge is 2.08. The lowest BCUT2D eigenvalue weighted by atomic mass is 10.2. The van der Waals surface area contributed by atoms with Crippen molar-refractivity contribution in [2.24, 2.45) is 5.73 Å². The van der Waals surface area contributed by atoms with Gasteiger partial charge in [0, 0.05) is 17.8 Å². The molecule has 1 aromatic rings. The van der Waals surface area contributed by atoms with E-state index in [1.807, 2.05) is 11.8 Å². The van der Waals surface area contributed by atoms with Crippen LogP contribution in [0, 0.1) is 0 Å². The summed E-state index contributed by atoms with van der Waals surface area (Å²) in [5.74, 6) is -0.113. The summed E-state index contributed by atoms with van der Waals surface area (Å²) in [7, 11) is 0. The summed E-state index contributed by atoms with van der Waals surface area (Å²) >= 11 is 4.86. The van der Waals surface area contributed by atoms with Crippen LogP contribution in [0.4, 0.5) is 5.69 Å². The molecule has 1 amide bonds. The van der Waals surface area contributed by atoms with Crippen molar-refractivity contribution in [2.45, 2.75) is 6.92 Å². The Kier molecular flexibility index (Phi) is 6.41. The highest BCUT2D eigenvalue weighted by atomic mass is 32.1. The number of nitrogens with two attached hydrogens (primary N) is 1. The first-order valence-electron chi connectivity index (χ1n) is 6.09. The first-order valence-corrected chi connectivity index (χ1v) is 6.50. The van der Waals surface area contributed by atoms with Crippen molar-refractivity contribution < 1.29 is 9.90 Å². The number of carbonyl (C=O) groups is 1. The van der Waals surface area contributed by atoms with Gasteiger partial charge >= 0.3 is 0 Å². The Morgan fingerprint density at radius 3 is 2.53 bits per heavy atom. The third-order valence-electron chi connectivity index (χ3n) is 2.68. The zero-order valence-corrected chi connectivity index (χ0v) is 11.7. The first-order chi connectivity index (χ1) is 9.06. The summed E-state index contributed by atoms with van der Waals surface area (Å²) in [6.07, 6.45) is 0. The quantitative estimate of drug-likeness (QED) is 0.637. The van der Waals surface area contributed by atoms with Crippen molar-refractivity contribution in [2.75, 3.05) is 31.6 Å². The largest absolute Gasteiger partial charge is 0.395 e. The zero-order chi connectivity index (χ0) is 14.3. The van der Waals surface area contributed by atoms with Crippen LogP contribution in [-0.2, 0) is 4.79 Å². The highest BCUT2D eigenvalue weighted by Crippen LogP contribution is 2.09. The Bertz CT molecular complexity index is 434. The van der Waals surface area contributed by atoms with Gasteiger partial charge in [0.05, 0.1) is 13.2 Å². The van der Waals surface area contributed by atoms with E-state index in [0.717, 1.165) is 5.56 Å². The van der Waals surface area contributed by atoms with Crippen molar-refractivity contribution in [3.63, 3.8) is 0 Å². The lowest BCUT2D eigenvalue weighted by Crippen LogP contribution is -2.35. The monoisotopic (exact) mass is 281 g/mol. The van der Waals surface area contributed by atoms with E-state index in [1.54, 1.807) is 24.3 Å². The van der Waals surface area contributed by atoms with Crippen LogP contribution in [0.2, 0.25) is 0 Å². The Morgan fingerprint density at radius 2 is 2.05 bits per heavy atom. The maximum absolute atomic E-state index is 11.8. The fourth-order valence-corrected chi connectivity index (χ4v) is 1.75. The molecule has 0 atom stereocenters. The average molecular weight is 281 g/mol. The number of amides is 1. The number of nitrogens with zero attached hydrogens (tertiary/aromatic N) is 1. The topological polar surface area (TPSA) is 78.6 Å². The lowest BCUT2D eigenvalue weighted by molar-refractivity contribution is -0.117. The maximum atomic E-state index is 11.8. The van der Waals surface area contributed by atoms with Crippen LogP contribution in [0.3, 0.4) is 0 Å². The number of anilines is 1. The van der Waals surface area contributed by atoms with Crippen molar-refractivity contribution in [3.8, 4) is 0 Å². The van der Waals surface area contributed by atoms with E-state index in [0.29, 0.717) is 23.8 Å². The fraction of sp³-hybridized carbons (Fsp3) is 0.385. The molecule has 0 saturated carbocycles. The van der Waals surface area contributed by atoms with Gasteiger partial charge in [-0.25, -0.2) is 0 Å². The number of aliphatic hydroxyl groups is 1. The van der Waals surface area contributed by atoms with Gasteiger partial charge in [-0.2, -0.15) is 0 Å². The molecule has 0 aliphatic heterocycles. The molecular weight excluding hydrogens is 262 g/mol. The van der Waals surface area contributed by atoms with E-state index < -0.39 is 0 Å². The summed E-state index contributed by atoms with van der Waals surface area (Å²) in [4.78, 5) is 14.0. The van der Waals surface area contributed by atoms with Gasteiger partial charge in [-0.3, -0.25) is 9.69 Å². The van der Waals surface area contributed by atoms with Gasteiger partial charge in [-0.05, 0) is 30.8 Å². The number of aliphatic hydroxyl groups excluding tert-OH is 1. The molecule has 5 nitrogen and oxygen atoms in total. The Hall–Kier alpha value is -1.50. The van der Waals surface area contributed by atoms with E-state index >= 15 is 0 Å². The lowest BCUT2D eigenvalue weighted by Gasteiger charge is -2.18. The summed E-state index contributed by atoms with van der Waals surface area (Å²) in [6, 6.07) is 7.05. The molecule has 0 bridgehead atoms. The molecule has 0 heterocycles. The van der Waals surface area contributed by atoms with Crippen LogP contribution in [-0.4, -0.2) is 47.1 Å². The molecule has 0 spiro atoms. The molecule has 0 aromatic heterocycles. The first kappa shape index (κ1) is 15.6. The number of benzene rings is 1. The normalized spacial score (nSPS) is 10.5. The van der Waals surface area contributed by atoms with E-state index in [4.69, 9.17) is 23.1 Å². The van der Waals surface area contributed by atoms with Gasteiger partial charge in [0.15, 0.2) is 0 Å². The summed E-state index contributed by atoms with van der Waals surface area (Å²) in [6.45, 7) is 3.45. The van der Waals surface area contributed by atoms with Gasteiger partial charge in [-0.1, -0.05) is 19.1 Å². The highest BCUT2D eigenvalue weighted by molar-refractivity contribution is 7.80. The number of likely N-dealkylation sites (N-methyl/N-ethyl adjacent to an activating group) is 1. The summed E-state index contributed by atoms with van der Waals surface area (Å²) in [5, 5.41) is 11.6.